The molecule has 6 heteroatoms. The fourth-order valence-electron chi connectivity index (χ4n) is 6.49. The van der Waals surface area contributed by atoms with E-state index in [1.807, 2.05) is 0 Å². The first kappa shape index (κ1) is 54.1. The second kappa shape index (κ2) is 45.8. The van der Waals surface area contributed by atoms with Gasteiger partial charge < -0.3 is 14.2 Å². The van der Waals surface area contributed by atoms with E-state index in [0.29, 0.717) is 19.3 Å². The molecule has 0 radical (unpaired) electrons. The summed E-state index contributed by atoms with van der Waals surface area (Å²) in [7, 11) is 0. The van der Waals surface area contributed by atoms with Gasteiger partial charge in [-0.2, -0.15) is 0 Å². The molecule has 0 heterocycles. The second-order valence-electron chi connectivity index (χ2n) is 15.6. The van der Waals surface area contributed by atoms with Gasteiger partial charge in [-0.25, -0.2) is 0 Å². The highest BCUT2D eigenvalue weighted by Crippen LogP contribution is 2.15. The lowest BCUT2D eigenvalue weighted by Crippen LogP contribution is -2.30. The molecule has 0 aliphatic heterocycles. The molecule has 6 nitrogen and oxygen atoms in total. The second-order valence-corrected chi connectivity index (χ2v) is 15.6. The van der Waals surface area contributed by atoms with Crippen molar-refractivity contribution in [1.82, 2.24) is 0 Å². The quantitative estimate of drug-likeness (QED) is 0.0265. The first-order valence-electron chi connectivity index (χ1n) is 23.8. The third kappa shape index (κ3) is 44.1. The van der Waals surface area contributed by atoms with Gasteiger partial charge in [0, 0.05) is 19.3 Å². The summed E-state index contributed by atoms with van der Waals surface area (Å²) in [6.45, 7) is 6.36. The first-order chi connectivity index (χ1) is 28.0. The van der Waals surface area contributed by atoms with Crippen molar-refractivity contribution in [3.8, 4) is 0 Å². The lowest BCUT2D eigenvalue weighted by molar-refractivity contribution is -0.167. The van der Waals surface area contributed by atoms with E-state index in [2.05, 4.69) is 81.5 Å². The van der Waals surface area contributed by atoms with E-state index in [-0.39, 0.29) is 31.1 Å². The molecule has 0 aliphatic carbocycles. The van der Waals surface area contributed by atoms with E-state index >= 15 is 0 Å². The average molecular weight is 797 g/mol. The standard InChI is InChI=1S/C51H88O6/c1-4-7-10-13-16-19-21-23-25-26-28-29-32-35-38-41-44-50(53)56-47-48(46-55-49(52)43-40-37-34-31-18-15-12-9-6-3)57-51(54)45-42-39-36-33-30-27-24-22-20-17-14-11-8-5-2/h7,9-10,12,16,18-19,23,25,31,48H,4-6,8,11,13-15,17,20-22,24,26-30,32-47H2,1-3H3/b10-7-,12-9-,19-16-,25-23-,31-18-. The summed E-state index contributed by atoms with van der Waals surface area (Å²) in [5, 5.41) is 0. The maximum Gasteiger partial charge on any atom is 0.306 e. The predicted octanol–water partition coefficient (Wildman–Crippen LogP) is 15.3. The highest BCUT2D eigenvalue weighted by atomic mass is 16.6. The Bertz CT molecular complexity index is 1050. The van der Waals surface area contributed by atoms with E-state index in [9.17, 15) is 14.4 Å². The summed E-state index contributed by atoms with van der Waals surface area (Å²) in [4.78, 5) is 37.7. The van der Waals surface area contributed by atoms with Crippen LogP contribution >= 0.6 is 0 Å². The monoisotopic (exact) mass is 797 g/mol. The van der Waals surface area contributed by atoms with Crippen LogP contribution in [0.15, 0.2) is 60.8 Å². The van der Waals surface area contributed by atoms with Gasteiger partial charge in [-0.05, 0) is 77.0 Å². The minimum absolute atomic E-state index is 0.0902. The summed E-state index contributed by atoms with van der Waals surface area (Å²) >= 11 is 0. The van der Waals surface area contributed by atoms with Crippen LogP contribution < -0.4 is 0 Å². The molecule has 0 spiro atoms. The van der Waals surface area contributed by atoms with Crippen LogP contribution in [0, 0.1) is 0 Å². The Morgan fingerprint density at radius 1 is 0.368 bits per heavy atom. The van der Waals surface area contributed by atoms with Gasteiger partial charge in [-0.1, -0.05) is 191 Å². The van der Waals surface area contributed by atoms with Gasteiger partial charge >= 0.3 is 17.9 Å². The SMILES string of the molecule is CC/C=C\C/C=C\C/C=C\CCCCCCCCC(=O)OCC(COC(=O)CCCC/C=C\C/C=C\CC)OC(=O)CCCCCCCCCCCCCCCC. The molecule has 1 unspecified atom stereocenters. The van der Waals surface area contributed by atoms with Gasteiger partial charge in [0.05, 0.1) is 0 Å². The summed E-state index contributed by atoms with van der Waals surface area (Å²) in [6.07, 6.45) is 55.0. The molecule has 1 atom stereocenters. The first-order valence-corrected chi connectivity index (χ1v) is 23.8. The lowest BCUT2D eigenvalue weighted by atomic mass is 10.0. The molecule has 0 N–H and O–H groups in total. The Kier molecular flexibility index (Phi) is 43.5. The summed E-state index contributed by atoms with van der Waals surface area (Å²) in [5.41, 5.74) is 0. The Balaban J connectivity index is 4.37. The number of hydrogen-bond donors (Lipinski definition) is 0. The van der Waals surface area contributed by atoms with Crippen molar-refractivity contribution < 1.29 is 28.6 Å². The molecule has 0 fully saturated rings. The largest absolute Gasteiger partial charge is 0.462 e. The molecular weight excluding hydrogens is 709 g/mol. The smallest absolute Gasteiger partial charge is 0.306 e. The van der Waals surface area contributed by atoms with Crippen LogP contribution in [0.3, 0.4) is 0 Å². The third-order valence-electron chi connectivity index (χ3n) is 10.0. The Morgan fingerprint density at radius 2 is 0.684 bits per heavy atom. The fourth-order valence-corrected chi connectivity index (χ4v) is 6.49. The molecule has 57 heavy (non-hydrogen) atoms. The maximum absolute atomic E-state index is 12.7. The highest BCUT2D eigenvalue weighted by molar-refractivity contribution is 5.71. The van der Waals surface area contributed by atoms with Crippen molar-refractivity contribution in [2.75, 3.05) is 13.2 Å². The topological polar surface area (TPSA) is 78.9 Å². The van der Waals surface area contributed by atoms with E-state index in [1.165, 1.54) is 89.9 Å². The van der Waals surface area contributed by atoms with Gasteiger partial charge in [0.25, 0.3) is 0 Å². The molecule has 0 aromatic rings. The van der Waals surface area contributed by atoms with E-state index in [4.69, 9.17) is 14.2 Å². The molecule has 0 amide bonds. The highest BCUT2D eigenvalue weighted by Gasteiger charge is 2.19. The van der Waals surface area contributed by atoms with Crippen LogP contribution in [0.25, 0.3) is 0 Å². The number of rotatable bonds is 42. The Morgan fingerprint density at radius 3 is 1.11 bits per heavy atom. The van der Waals surface area contributed by atoms with Crippen molar-refractivity contribution in [2.24, 2.45) is 0 Å². The van der Waals surface area contributed by atoms with Crippen LogP contribution in [0.5, 0.6) is 0 Å². The summed E-state index contributed by atoms with van der Waals surface area (Å²) < 4.78 is 16.7. The number of ether oxygens (including phenoxy) is 3. The van der Waals surface area contributed by atoms with Crippen molar-refractivity contribution in [1.29, 1.82) is 0 Å². The van der Waals surface area contributed by atoms with Crippen molar-refractivity contribution in [3.63, 3.8) is 0 Å². The van der Waals surface area contributed by atoms with E-state index in [0.717, 1.165) is 96.3 Å². The predicted molar refractivity (Wildman–Crippen MR) is 242 cm³/mol. The molecule has 0 saturated heterocycles. The minimum Gasteiger partial charge on any atom is -0.462 e. The van der Waals surface area contributed by atoms with E-state index in [1.54, 1.807) is 0 Å². The third-order valence-corrected chi connectivity index (χ3v) is 10.0. The van der Waals surface area contributed by atoms with Gasteiger partial charge in [0.15, 0.2) is 6.10 Å². The van der Waals surface area contributed by atoms with Crippen molar-refractivity contribution >= 4 is 17.9 Å². The Labute approximate surface area is 351 Å². The molecule has 0 aromatic carbocycles. The van der Waals surface area contributed by atoms with Crippen LogP contribution in [-0.2, 0) is 28.6 Å². The number of carbonyl (C=O) groups excluding carboxylic acids is 3. The molecular formula is C51H88O6. The number of carbonyl (C=O) groups is 3. The fraction of sp³-hybridized carbons (Fsp3) is 0.745. The normalized spacial score (nSPS) is 12.5. The number of allylic oxidation sites excluding steroid dienone is 10. The van der Waals surface area contributed by atoms with Gasteiger partial charge in [0.2, 0.25) is 0 Å². The van der Waals surface area contributed by atoms with Crippen LogP contribution in [0.2, 0.25) is 0 Å². The van der Waals surface area contributed by atoms with Crippen molar-refractivity contribution in [2.45, 2.75) is 232 Å². The summed E-state index contributed by atoms with van der Waals surface area (Å²) in [5.74, 6) is -0.939. The molecule has 0 rings (SSSR count). The number of hydrogen-bond acceptors (Lipinski definition) is 6. The lowest BCUT2D eigenvalue weighted by Gasteiger charge is -2.18. The van der Waals surface area contributed by atoms with Crippen molar-refractivity contribution in [3.05, 3.63) is 60.8 Å². The average Bonchev–Trinajstić information content (AvgIpc) is 3.21. The molecule has 0 saturated carbocycles. The van der Waals surface area contributed by atoms with Crippen LogP contribution in [-0.4, -0.2) is 37.2 Å². The van der Waals surface area contributed by atoms with Crippen LogP contribution in [0.1, 0.15) is 226 Å². The zero-order valence-corrected chi connectivity index (χ0v) is 37.3. The molecule has 328 valence electrons. The Hall–Kier alpha value is -2.89. The van der Waals surface area contributed by atoms with Gasteiger partial charge in [-0.3, -0.25) is 14.4 Å². The number of esters is 3. The van der Waals surface area contributed by atoms with E-state index < -0.39 is 6.10 Å². The van der Waals surface area contributed by atoms with Crippen LogP contribution in [0.4, 0.5) is 0 Å². The van der Waals surface area contributed by atoms with Gasteiger partial charge in [-0.15, -0.1) is 0 Å². The molecule has 0 aromatic heterocycles. The zero-order chi connectivity index (χ0) is 41.5. The number of unbranched alkanes of at least 4 members (excludes halogenated alkanes) is 21. The molecule has 0 bridgehead atoms. The minimum atomic E-state index is -0.788. The zero-order valence-electron chi connectivity index (χ0n) is 37.3. The molecule has 0 aliphatic rings. The maximum atomic E-state index is 12.7. The van der Waals surface area contributed by atoms with Gasteiger partial charge in [0.1, 0.15) is 13.2 Å². The summed E-state index contributed by atoms with van der Waals surface area (Å²) in [6, 6.07) is 0.